The number of likely N-dealkylation sites (N-methyl/N-ethyl adjacent to an activating group) is 1. The van der Waals surface area contributed by atoms with Gasteiger partial charge in [0.1, 0.15) is 0 Å². The summed E-state index contributed by atoms with van der Waals surface area (Å²) in [5.41, 5.74) is 1.02. The Labute approximate surface area is 91.3 Å². The van der Waals surface area contributed by atoms with Crippen molar-refractivity contribution in [2.24, 2.45) is 5.92 Å². The minimum absolute atomic E-state index is 0.190. The first-order valence-corrected chi connectivity index (χ1v) is 5.75. The minimum atomic E-state index is -0.198. The molecule has 1 atom stereocenters. The van der Waals surface area contributed by atoms with E-state index in [0.29, 0.717) is 5.92 Å². The normalized spacial score (nSPS) is 19.9. The molecule has 2 nitrogen and oxygen atoms in total. The molecule has 1 unspecified atom stereocenters. The number of aliphatic hydroxyl groups excluding tert-OH is 1. The Bertz CT molecular complexity index is 308. The molecule has 0 radical (unpaired) electrons. The zero-order valence-electron chi connectivity index (χ0n) is 9.24. The van der Waals surface area contributed by atoms with Gasteiger partial charge in [-0.1, -0.05) is 37.3 Å². The third-order valence-electron chi connectivity index (χ3n) is 3.30. The maximum atomic E-state index is 9.71. The smallest absolute Gasteiger partial charge is 0.0697 e. The summed E-state index contributed by atoms with van der Waals surface area (Å²) in [6.07, 6.45) is 2.45. The van der Waals surface area contributed by atoms with Crippen LogP contribution < -0.4 is 5.32 Å². The van der Waals surface area contributed by atoms with E-state index in [1.165, 1.54) is 18.4 Å². The van der Waals surface area contributed by atoms with Gasteiger partial charge in [0.2, 0.25) is 0 Å². The maximum absolute atomic E-state index is 9.71. The SMILES string of the molecule is CCNC(CO)(c1ccccc1)C1CC1. The van der Waals surface area contributed by atoms with Crippen molar-refractivity contribution in [3.8, 4) is 0 Å². The first-order valence-electron chi connectivity index (χ1n) is 5.75. The molecule has 1 aliphatic rings. The van der Waals surface area contributed by atoms with Gasteiger partial charge < -0.3 is 10.4 Å². The number of hydrogen-bond donors (Lipinski definition) is 2. The van der Waals surface area contributed by atoms with Gasteiger partial charge >= 0.3 is 0 Å². The Kier molecular flexibility index (Phi) is 3.08. The highest BCUT2D eigenvalue weighted by Gasteiger charge is 2.45. The molecule has 15 heavy (non-hydrogen) atoms. The standard InChI is InChI=1S/C13H19NO/c1-2-14-13(10-15,12-8-9-12)11-6-4-3-5-7-11/h3-7,12,14-15H,2,8-10H2,1H3. The van der Waals surface area contributed by atoms with Crippen molar-refractivity contribution in [2.45, 2.75) is 25.3 Å². The molecule has 0 amide bonds. The van der Waals surface area contributed by atoms with E-state index in [9.17, 15) is 5.11 Å². The van der Waals surface area contributed by atoms with Crippen LogP contribution in [0.2, 0.25) is 0 Å². The first kappa shape index (κ1) is 10.7. The van der Waals surface area contributed by atoms with E-state index in [1.807, 2.05) is 18.2 Å². The molecule has 0 bridgehead atoms. The van der Waals surface area contributed by atoms with Crippen LogP contribution in [0.1, 0.15) is 25.3 Å². The summed E-state index contributed by atoms with van der Waals surface area (Å²) in [5, 5.41) is 13.2. The lowest BCUT2D eigenvalue weighted by molar-refractivity contribution is 0.141. The van der Waals surface area contributed by atoms with E-state index in [2.05, 4.69) is 24.4 Å². The highest BCUT2D eigenvalue weighted by molar-refractivity contribution is 5.27. The van der Waals surface area contributed by atoms with E-state index in [-0.39, 0.29) is 12.1 Å². The molecule has 0 saturated heterocycles. The van der Waals surface area contributed by atoms with Gasteiger partial charge in [-0.15, -0.1) is 0 Å². The quantitative estimate of drug-likeness (QED) is 0.769. The summed E-state index contributed by atoms with van der Waals surface area (Å²) in [4.78, 5) is 0. The lowest BCUT2D eigenvalue weighted by atomic mass is 9.85. The van der Waals surface area contributed by atoms with Crippen molar-refractivity contribution >= 4 is 0 Å². The van der Waals surface area contributed by atoms with E-state index >= 15 is 0 Å². The topological polar surface area (TPSA) is 32.3 Å². The van der Waals surface area contributed by atoms with E-state index in [0.717, 1.165) is 6.54 Å². The summed E-state index contributed by atoms with van der Waals surface area (Å²) >= 11 is 0. The van der Waals surface area contributed by atoms with E-state index in [1.54, 1.807) is 0 Å². The van der Waals surface area contributed by atoms with Crippen molar-refractivity contribution in [3.63, 3.8) is 0 Å². The molecule has 0 heterocycles. The molecule has 2 heteroatoms. The number of benzene rings is 1. The van der Waals surface area contributed by atoms with Crippen molar-refractivity contribution in [2.75, 3.05) is 13.2 Å². The van der Waals surface area contributed by atoms with Crippen molar-refractivity contribution in [1.29, 1.82) is 0 Å². The van der Waals surface area contributed by atoms with E-state index < -0.39 is 0 Å². The molecular weight excluding hydrogens is 186 g/mol. The highest BCUT2D eigenvalue weighted by atomic mass is 16.3. The molecule has 0 spiro atoms. The second-order valence-corrected chi connectivity index (χ2v) is 4.30. The largest absolute Gasteiger partial charge is 0.394 e. The zero-order chi connectivity index (χ0) is 10.7. The predicted molar refractivity (Wildman–Crippen MR) is 61.6 cm³/mol. The molecule has 1 aromatic carbocycles. The fourth-order valence-corrected chi connectivity index (χ4v) is 2.39. The van der Waals surface area contributed by atoms with Gasteiger partial charge in [0.25, 0.3) is 0 Å². The van der Waals surface area contributed by atoms with E-state index in [4.69, 9.17) is 0 Å². The molecule has 2 rings (SSSR count). The van der Waals surface area contributed by atoms with Crippen LogP contribution in [0.25, 0.3) is 0 Å². The van der Waals surface area contributed by atoms with Gasteiger partial charge in [-0.25, -0.2) is 0 Å². The Balaban J connectivity index is 2.31. The predicted octanol–water partition coefficient (Wildman–Crippen LogP) is 1.89. The molecular formula is C13H19NO. The Morgan fingerprint density at radius 3 is 2.47 bits per heavy atom. The first-order chi connectivity index (χ1) is 7.33. The van der Waals surface area contributed by atoms with Gasteiger partial charge in [-0.2, -0.15) is 0 Å². The molecule has 0 aromatic heterocycles. The second-order valence-electron chi connectivity index (χ2n) is 4.30. The van der Waals surface area contributed by atoms with Gasteiger partial charge in [0.15, 0.2) is 0 Å². The number of aliphatic hydroxyl groups is 1. The van der Waals surface area contributed by atoms with Crippen LogP contribution in [0.3, 0.4) is 0 Å². The van der Waals surface area contributed by atoms with Crippen LogP contribution in [0, 0.1) is 5.92 Å². The third kappa shape index (κ3) is 1.92. The second kappa shape index (κ2) is 4.33. The fourth-order valence-electron chi connectivity index (χ4n) is 2.39. The van der Waals surface area contributed by atoms with Crippen molar-refractivity contribution in [3.05, 3.63) is 35.9 Å². The molecule has 1 aliphatic carbocycles. The van der Waals surface area contributed by atoms with Crippen LogP contribution >= 0.6 is 0 Å². The van der Waals surface area contributed by atoms with Gasteiger partial charge in [0.05, 0.1) is 12.1 Å². The summed E-state index contributed by atoms with van der Waals surface area (Å²) in [7, 11) is 0. The van der Waals surface area contributed by atoms with Crippen molar-refractivity contribution in [1.82, 2.24) is 5.32 Å². The number of nitrogens with one attached hydrogen (secondary N) is 1. The Morgan fingerprint density at radius 2 is 2.00 bits per heavy atom. The van der Waals surface area contributed by atoms with Crippen LogP contribution in [-0.2, 0) is 5.54 Å². The van der Waals surface area contributed by atoms with Crippen molar-refractivity contribution < 1.29 is 5.11 Å². The van der Waals surface area contributed by atoms with Gasteiger partial charge in [0, 0.05) is 0 Å². The summed E-state index contributed by atoms with van der Waals surface area (Å²) in [6, 6.07) is 10.3. The molecule has 1 aromatic rings. The van der Waals surface area contributed by atoms with Gasteiger partial charge in [-0.05, 0) is 30.9 Å². The van der Waals surface area contributed by atoms with Crippen LogP contribution in [-0.4, -0.2) is 18.3 Å². The molecule has 1 fully saturated rings. The van der Waals surface area contributed by atoms with Crippen LogP contribution in [0.4, 0.5) is 0 Å². The lowest BCUT2D eigenvalue weighted by Crippen LogP contribution is -2.47. The monoisotopic (exact) mass is 205 g/mol. The summed E-state index contributed by atoms with van der Waals surface area (Å²) in [6.45, 7) is 3.18. The molecule has 82 valence electrons. The summed E-state index contributed by atoms with van der Waals surface area (Å²) in [5.74, 6) is 0.602. The third-order valence-corrected chi connectivity index (χ3v) is 3.30. The number of hydrogen-bond acceptors (Lipinski definition) is 2. The maximum Gasteiger partial charge on any atom is 0.0697 e. The minimum Gasteiger partial charge on any atom is -0.394 e. The van der Waals surface area contributed by atoms with Crippen LogP contribution in [0.15, 0.2) is 30.3 Å². The summed E-state index contributed by atoms with van der Waals surface area (Å²) < 4.78 is 0. The van der Waals surface area contributed by atoms with Crippen LogP contribution in [0.5, 0.6) is 0 Å². The molecule has 0 aliphatic heterocycles. The highest BCUT2D eigenvalue weighted by Crippen LogP contribution is 2.45. The molecule has 2 N–H and O–H groups in total. The Morgan fingerprint density at radius 1 is 1.33 bits per heavy atom. The molecule has 1 saturated carbocycles. The lowest BCUT2D eigenvalue weighted by Gasteiger charge is -2.33. The fraction of sp³-hybridized carbons (Fsp3) is 0.538. The zero-order valence-corrected chi connectivity index (χ0v) is 9.24. The van der Waals surface area contributed by atoms with Gasteiger partial charge in [-0.3, -0.25) is 0 Å². The Hall–Kier alpha value is -0.860. The number of rotatable bonds is 5. The average molecular weight is 205 g/mol. The average Bonchev–Trinajstić information content (AvgIpc) is 3.11.